The summed E-state index contributed by atoms with van der Waals surface area (Å²) in [5.74, 6) is -4.62. The molecule has 2 N–H and O–H groups in total. The molecule has 0 saturated carbocycles. The molecule has 1 aliphatic rings. The molecule has 0 aromatic heterocycles. The lowest BCUT2D eigenvalue weighted by Gasteiger charge is -2.22. The van der Waals surface area contributed by atoms with Crippen LogP contribution in [-0.2, 0) is 16.1 Å². The minimum absolute atomic E-state index is 0.0753. The van der Waals surface area contributed by atoms with E-state index in [0.717, 1.165) is 17.0 Å². The second-order valence-electron chi connectivity index (χ2n) is 6.06. The van der Waals surface area contributed by atoms with Gasteiger partial charge in [0.25, 0.3) is 11.8 Å². The van der Waals surface area contributed by atoms with Gasteiger partial charge in [-0.2, -0.15) is 0 Å². The number of anilines is 1. The second kappa shape index (κ2) is 7.21. The Morgan fingerprint density at radius 1 is 1.26 bits per heavy atom. The summed E-state index contributed by atoms with van der Waals surface area (Å²) in [6, 6.07) is 6.83. The summed E-state index contributed by atoms with van der Waals surface area (Å²) in [5.41, 5.74) is -2.60. The largest absolute Gasteiger partial charge is 0.372 e. The zero-order valence-corrected chi connectivity index (χ0v) is 14.6. The molecule has 0 aliphatic carbocycles. The number of carbonyl (C=O) groups excluding carboxylic acids is 2. The summed E-state index contributed by atoms with van der Waals surface area (Å²) in [5, 5.41) is 12.6. The SMILES string of the molecule is O=C(NCc1cccc(Cl)c1F)C1(O)CCN(c2ccc(F)cc2F)C1=O. The number of rotatable bonds is 4. The van der Waals surface area contributed by atoms with E-state index < -0.39 is 34.9 Å². The van der Waals surface area contributed by atoms with Crippen LogP contribution in [0.5, 0.6) is 0 Å². The molecule has 2 aromatic carbocycles. The summed E-state index contributed by atoms with van der Waals surface area (Å²) >= 11 is 5.66. The molecule has 0 radical (unpaired) electrons. The van der Waals surface area contributed by atoms with E-state index >= 15 is 0 Å². The number of hydrogen-bond acceptors (Lipinski definition) is 3. The van der Waals surface area contributed by atoms with E-state index in [4.69, 9.17) is 11.6 Å². The topological polar surface area (TPSA) is 69.6 Å². The third-order valence-electron chi connectivity index (χ3n) is 4.34. The number of carbonyl (C=O) groups is 2. The molecule has 27 heavy (non-hydrogen) atoms. The van der Waals surface area contributed by atoms with E-state index in [1.54, 1.807) is 0 Å². The molecular weight excluding hydrogens is 385 g/mol. The molecule has 1 aliphatic heterocycles. The normalized spacial score (nSPS) is 19.4. The van der Waals surface area contributed by atoms with Crippen LogP contribution in [0.25, 0.3) is 0 Å². The third kappa shape index (κ3) is 3.50. The highest BCUT2D eigenvalue weighted by Gasteiger charge is 2.52. The van der Waals surface area contributed by atoms with Crippen molar-refractivity contribution in [3.63, 3.8) is 0 Å². The molecule has 0 spiro atoms. The number of hydrogen-bond donors (Lipinski definition) is 2. The predicted molar refractivity (Wildman–Crippen MR) is 91.5 cm³/mol. The predicted octanol–water partition coefficient (Wildman–Crippen LogP) is 2.54. The Bertz CT molecular complexity index is 925. The monoisotopic (exact) mass is 398 g/mol. The summed E-state index contributed by atoms with van der Waals surface area (Å²) in [7, 11) is 0. The lowest BCUT2D eigenvalue weighted by molar-refractivity contribution is -0.149. The van der Waals surface area contributed by atoms with Crippen LogP contribution in [0.4, 0.5) is 18.9 Å². The lowest BCUT2D eigenvalue weighted by Crippen LogP contribution is -2.52. The van der Waals surface area contributed by atoms with Crippen molar-refractivity contribution >= 4 is 29.1 Å². The maximum absolute atomic E-state index is 13.9. The standard InChI is InChI=1S/C18H14ClF3N2O3/c19-12-3-1-2-10(15(12)22)9-23-16(25)18(27)6-7-24(17(18)26)14-5-4-11(20)8-13(14)21/h1-5,8,27H,6-7,9H2,(H,23,25). The van der Waals surface area contributed by atoms with E-state index in [0.29, 0.717) is 6.07 Å². The Morgan fingerprint density at radius 2 is 2.00 bits per heavy atom. The van der Waals surface area contributed by atoms with Gasteiger partial charge in [0.15, 0.2) is 0 Å². The molecule has 142 valence electrons. The van der Waals surface area contributed by atoms with E-state index in [1.807, 2.05) is 0 Å². The van der Waals surface area contributed by atoms with E-state index in [9.17, 15) is 27.9 Å². The van der Waals surface area contributed by atoms with E-state index in [-0.39, 0.29) is 35.8 Å². The van der Waals surface area contributed by atoms with E-state index in [1.165, 1.54) is 18.2 Å². The van der Waals surface area contributed by atoms with Crippen molar-refractivity contribution in [3.05, 3.63) is 64.4 Å². The van der Waals surface area contributed by atoms with Crippen LogP contribution in [0, 0.1) is 17.5 Å². The Labute approximate surface area is 157 Å². The molecule has 2 amide bonds. The van der Waals surface area contributed by atoms with Crippen LogP contribution < -0.4 is 10.2 Å². The van der Waals surface area contributed by atoms with Gasteiger partial charge in [-0.15, -0.1) is 0 Å². The fraction of sp³-hybridized carbons (Fsp3) is 0.222. The first kappa shape index (κ1) is 19.2. The van der Waals surface area contributed by atoms with Gasteiger partial charge in [-0.1, -0.05) is 23.7 Å². The number of aliphatic hydroxyl groups is 1. The Morgan fingerprint density at radius 3 is 2.70 bits per heavy atom. The van der Waals surface area contributed by atoms with Crippen LogP contribution in [0.15, 0.2) is 36.4 Å². The highest BCUT2D eigenvalue weighted by atomic mass is 35.5. The number of nitrogens with zero attached hydrogens (tertiary/aromatic N) is 1. The van der Waals surface area contributed by atoms with Gasteiger partial charge >= 0.3 is 0 Å². The van der Waals surface area contributed by atoms with Crippen molar-refractivity contribution < 1.29 is 27.9 Å². The van der Waals surface area contributed by atoms with Gasteiger partial charge in [-0.05, 0) is 18.2 Å². The van der Waals surface area contributed by atoms with Crippen LogP contribution in [0.3, 0.4) is 0 Å². The zero-order chi connectivity index (χ0) is 19.8. The van der Waals surface area contributed by atoms with Crippen LogP contribution in [0.1, 0.15) is 12.0 Å². The molecule has 1 heterocycles. The molecule has 1 unspecified atom stereocenters. The molecule has 1 fully saturated rings. The van der Waals surface area contributed by atoms with Crippen LogP contribution in [0.2, 0.25) is 5.02 Å². The van der Waals surface area contributed by atoms with Gasteiger partial charge in [-0.3, -0.25) is 9.59 Å². The Kier molecular flexibility index (Phi) is 5.12. The molecule has 0 bridgehead atoms. The number of nitrogens with one attached hydrogen (secondary N) is 1. The highest BCUT2D eigenvalue weighted by molar-refractivity contribution is 6.30. The van der Waals surface area contributed by atoms with E-state index in [2.05, 4.69) is 5.32 Å². The Balaban J connectivity index is 1.75. The van der Waals surface area contributed by atoms with Crippen molar-refractivity contribution in [2.24, 2.45) is 0 Å². The van der Waals surface area contributed by atoms with Gasteiger partial charge in [0, 0.05) is 31.1 Å². The Hall–Kier alpha value is -2.58. The quantitative estimate of drug-likeness (QED) is 0.778. The fourth-order valence-electron chi connectivity index (χ4n) is 2.85. The van der Waals surface area contributed by atoms with Gasteiger partial charge in [0.1, 0.15) is 17.5 Å². The summed E-state index contributed by atoms with van der Waals surface area (Å²) in [6.07, 6.45) is -0.299. The minimum atomic E-state index is -2.43. The average molecular weight is 399 g/mol. The van der Waals surface area contributed by atoms with Crippen LogP contribution in [-0.4, -0.2) is 29.1 Å². The van der Waals surface area contributed by atoms with Gasteiger partial charge in [-0.25, -0.2) is 13.2 Å². The number of halogens is 4. The smallest absolute Gasteiger partial charge is 0.268 e. The molecule has 2 aromatic rings. The highest BCUT2D eigenvalue weighted by Crippen LogP contribution is 2.31. The fourth-order valence-corrected chi connectivity index (χ4v) is 3.05. The lowest BCUT2D eigenvalue weighted by atomic mass is 10.0. The molecule has 5 nitrogen and oxygen atoms in total. The minimum Gasteiger partial charge on any atom is -0.372 e. The van der Waals surface area contributed by atoms with Gasteiger partial charge < -0.3 is 15.3 Å². The average Bonchev–Trinajstić information content (AvgIpc) is 2.93. The number of benzene rings is 2. The van der Waals surface area contributed by atoms with Crippen molar-refractivity contribution in [1.82, 2.24) is 5.32 Å². The molecule has 3 rings (SSSR count). The zero-order valence-electron chi connectivity index (χ0n) is 13.8. The maximum atomic E-state index is 13.9. The van der Waals surface area contributed by atoms with Crippen molar-refractivity contribution in [2.75, 3.05) is 11.4 Å². The molecule has 9 heteroatoms. The van der Waals surface area contributed by atoms with Crippen LogP contribution >= 0.6 is 11.6 Å². The first-order valence-corrected chi connectivity index (χ1v) is 8.32. The maximum Gasteiger partial charge on any atom is 0.268 e. The first-order chi connectivity index (χ1) is 12.7. The molecular formula is C18H14ClF3N2O3. The van der Waals surface area contributed by atoms with Gasteiger partial charge in [0.2, 0.25) is 5.60 Å². The summed E-state index contributed by atoms with van der Waals surface area (Å²) in [6.45, 7) is -0.442. The van der Waals surface area contributed by atoms with Crippen molar-refractivity contribution in [1.29, 1.82) is 0 Å². The first-order valence-electron chi connectivity index (χ1n) is 7.94. The second-order valence-corrected chi connectivity index (χ2v) is 6.47. The van der Waals surface area contributed by atoms with Crippen molar-refractivity contribution in [2.45, 2.75) is 18.6 Å². The third-order valence-corrected chi connectivity index (χ3v) is 4.64. The molecule has 1 atom stereocenters. The summed E-state index contributed by atoms with van der Waals surface area (Å²) in [4.78, 5) is 25.7. The van der Waals surface area contributed by atoms with Gasteiger partial charge in [0.05, 0.1) is 10.7 Å². The number of amides is 2. The van der Waals surface area contributed by atoms with Crippen molar-refractivity contribution in [3.8, 4) is 0 Å². The molecule has 1 saturated heterocycles. The summed E-state index contributed by atoms with van der Waals surface area (Å²) < 4.78 is 40.8.